The van der Waals surface area contributed by atoms with E-state index in [4.69, 9.17) is 4.52 Å². The van der Waals surface area contributed by atoms with Gasteiger partial charge in [-0.25, -0.2) is 4.98 Å². The van der Waals surface area contributed by atoms with Gasteiger partial charge in [0, 0.05) is 24.9 Å². The van der Waals surface area contributed by atoms with Crippen molar-refractivity contribution in [2.24, 2.45) is 0 Å². The summed E-state index contributed by atoms with van der Waals surface area (Å²) in [7, 11) is 1.92. The first-order valence-electron chi connectivity index (χ1n) is 5.59. The van der Waals surface area contributed by atoms with Crippen LogP contribution in [0, 0.1) is 0 Å². The lowest BCUT2D eigenvalue weighted by molar-refractivity contribution is 0.359. The zero-order valence-corrected chi connectivity index (χ0v) is 9.92. The number of hydrogen-bond acceptors (Lipinski definition) is 6. The van der Waals surface area contributed by atoms with Crippen LogP contribution in [0.3, 0.4) is 0 Å². The van der Waals surface area contributed by atoms with E-state index in [2.05, 4.69) is 32.3 Å². The highest BCUT2D eigenvalue weighted by atomic mass is 16.5. The second kappa shape index (κ2) is 5.49. The van der Waals surface area contributed by atoms with E-state index in [0.29, 0.717) is 23.5 Å². The zero-order chi connectivity index (χ0) is 12.1. The molecule has 0 aliphatic heterocycles. The molecular formula is C11H15N5O. The van der Waals surface area contributed by atoms with Gasteiger partial charge in [-0.15, -0.1) is 0 Å². The van der Waals surface area contributed by atoms with Crippen molar-refractivity contribution in [3.8, 4) is 11.5 Å². The second-order valence-electron chi connectivity index (χ2n) is 3.70. The van der Waals surface area contributed by atoms with Crippen molar-refractivity contribution in [2.45, 2.75) is 25.8 Å². The van der Waals surface area contributed by atoms with E-state index in [-0.39, 0.29) is 0 Å². The maximum Gasteiger partial charge on any atom is 0.228 e. The summed E-state index contributed by atoms with van der Waals surface area (Å²) in [5.41, 5.74) is 0.625. The Morgan fingerprint density at radius 1 is 1.41 bits per heavy atom. The fraction of sp³-hybridized carbons (Fsp3) is 0.455. The summed E-state index contributed by atoms with van der Waals surface area (Å²) in [4.78, 5) is 12.4. The number of aromatic nitrogens is 4. The highest BCUT2D eigenvalue weighted by Gasteiger charge is 2.13. The SMILES string of the molecule is CCC(Cc1nc(-c2cnccn2)no1)NC. The highest BCUT2D eigenvalue weighted by molar-refractivity contribution is 5.45. The van der Waals surface area contributed by atoms with Gasteiger partial charge < -0.3 is 9.84 Å². The average molecular weight is 233 g/mol. The molecule has 1 N–H and O–H groups in total. The van der Waals surface area contributed by atoms with Gasteiger partial charge in [0.2, 0.25) is 11.7 Å². The number of likely N-dealkylation sites (N-methyl/N-ethyl adjacent to an activating group) is 1. The summed E-state index contributed by atoms with van der Waals surface area (Å²) >= 11 is 0. The van der Waals surface area contributed by atoms with Crippen molar-refractivity contribution in [3.05, 3.63) is 24.5 Å². The molecule has 6 heteroatoms. The maximum atomic E-state index is 5.18. The molecule has 0 radical (unpaired) electrons. The summed E-state index contributed by atoms with van der Waals surface area (Å²) < 4.78 is 5.18. The van der Waals surface area contributed by atoms with Crippen LogP contribution in [0.5, 0.6) is 0 Å². The minimum atomic E-state index is 0.352. The van der Waals surface area contributed by atoms with Crippen molar-refractivity contribution in [3.63, 3.8) is 0 Å². The molecule has 1 atom stereocenters. The van der Waals surface area contributed by atoms with Crippen molar-refractivity contribution in [1.29, 1.82) is 0 Å². The molecule has 0 saturated carbocycles. The van der Waals surface area contributed by atoms with Crippen LogP contribution in [0.2, 0.25) is 0 Å². The van der Waals surface area contributed by atoms with Gasteiger partial charge in [0.15, 0.2) is 0 Å². The molecule has 17 heavy (non-hydrogen) atoms. The van der Waals surface area contributed by atoms with E-state index < -0.39 is 0 Å². The fourth-order valence-corrected chi connectivity index (χ4v) is 1.52. The van der Waals surface area contributed by atoms with Crippen LogP contribution < -0.4 is 5.32 Å². The monoisotopic (exact) mass is 233 g/mol. The highest BCUT2D eigenvalue weighted by Crippen LogP contribution is 2.12. The number of nitrogens with zero attached hydrogens (tertiary/aromatic N) is 4. The number of hydrogen-bond donors (Lipinski definition) is 1. The summed E-state index contributed by atoms with van der Waals surface area (Å²) in [6.45, 7) is 2.11. The maximum absolute atomic E-state index is 5.18. The summed E-state index contributed by atoms with van der Waals surface area (Å²) in [6.07, 6.45) is 6.57. The molecule has 0 aliphatic rings. The van der Waals surface area contributed by atoms with Gasteiger partial charge >= 0.3 is 0 Å². The van der Waals surface area contributed by atoms with Crippen LogP contribution in [-0.4, -0.2) is 33.2 Å². The van der Waals surface area contributed by atoms with E-state index in [9.17, 15) is 0 Å². The van der Waals surface area contributed by atoms with Crippen LogP contribution >= 0.6 is 0 Å². The molecule has 1 unspecified atom stereocenters. The summed E-state index contributed by atoms with van der Waals surface area (Å²) in [5, 5.41) is 7.09. The van der Waals surface area contributed by atoms with Crippen molar-refractivity contribution >= 4 is 0 Å². The van der Waals surface area contributed by atoms with Crippen LogP contribution in [0.4, 0.5) is 0 Å². The first-order chi connectivity index (χ1) is 8.33. The molecule has 0 spiro atoms. The van der Waals surface area contributed by atoms with Crippen LogP contribution in [0.25, 0.3) is 11.5 Å². The Morgan fingerprint density at radius 3 is 2.94 bits per heavy atom. The first kappa shape index (κ1) is 11.7. The van der Waals surface area contributed by atoms with Crippen molar-refractivity contribution in [1.82, 2.24) is 25.4 Å². The molecule has 2 aromatic rings. The largest absolute Gasteiger partial charge is 0.339 e. The van der Waals surface area contributed by atoms with Crippen molar-refractivity contribution in [2.75, 3.05) is 7.05 Å². The predicted octanol–water partition coefficient (Wildman–Crippen LogP) is 1.07. The first-order valence-corrected chi connectivity index (χ1v) is 5.59. The van der Waals surface area contributed by atoms with Crippen LogP contribution in [0.1, 0.15) is 19.2 Å². The molecule has 0 aliphatic carbocycles. The molecule has 6 nitrogen and oxygen atoms in total. The molecule has 0 aromatic carbocycles. The van der Waals surface area contributed by atoms with Gasteiger partial charge in [-0.2, -0.15) is 4.98 Å². The smallest absolute Gasteiger partial charge is 0.228 e. The molecule has 0 fully saturated rings. The predicted molar refractivity (Wildman–Crippen MR) is 62.2 cm³/mol. The second-order valence-corrected chi connectivity index (χ2v) is 3.70. The molecule has 2 rings (SSSR count). The molecule has 0 saturated heterocycles. The Hall–Kier alpha value is -1.82. The third-order valence-corrected chi connectivity index (χ3v) is 2.58. The van der Waals surface area contributed by atoms with Gasteiger partial charge in [0.05, 0.1) is 6.20 Å². The molecule has 0 bridgehead atoms. The zero-order valence-electron chi connectivity index (χ0n) is 9.92. The van der Waals surface area contributed by atoms with E-state index in [1.807, 2.05) is 7.05 Å². The third-order valence-electron chi connectivity index (χ3n) is 2.58. The van der Waals surface area contributed by atoms with Gasteiger partial charge in [-0.1, -0.05) is 12.1 Å². The van der Waals surface area contributed by atoms with Gasteiger partial charge in [0.25, 0.3) is 0 Å². The molecule has 90 valence electrons. The summed E-state index contributed by atoms with van der Waals surface area (Å²) in [6, 6.07) is 0.352. The lowest BCUT2D eigenvalue weighted by Crippen LogP contribution is -2.26. The van der Waals surface area contributed by atoms with Crippen molar-refractivity contribution < 1.29 is 4.52 Å². The quantitative estimate of drug-likeness (QED) is 0.832. The Labute approximate surface area is 99.5 Å². The number of rotatable bonds is 5. The van der Waals surface area contributed by atoms with E-state index in [1.54, 1.807) is 18.6 Å². The standard InChI is InChI=1S/C11H15N5O/c1-3-8(12-2)6-10-15-11(16-17-10)9-7-13-4-5-14-9/h4-5,7-8,12H,3,6H2,1-2H3. The lowest BCUT2D eigenvalue weighted by Gasteiger charge is -2.09. The fourth-order valence-electron chi connectivity index (χ4n) is 1.52. The molecule has 0 amide bonds. The summed E-state index contributed by atoms with van der Waals surface area (Å²) in [5.74, 6) is 1.10. The number of nitrogens with one attached hydrogen (secondary N) is 1. The van der Waals surface area contributed by atoms with Gasteiger partial charge in [0.1, 0.15) is 5.69 Å². The van der Waals surface area contributed by atoms with E-state index in [0.717, 1.165) is 12.8 Å². The Bertz CT molecular complexity index is 452. The minimum absolute atomic E-state index is 0.352. The molecule has 2 aromatic heterocycles. The normalized spacial score (nSPS) is 12.6. The topological polar surface area (TPSA) is 76.7 Å². The van der Waals surface area contributed by atoms with Gasteiger partial charge in [-0.05, 0) is 13.5 Å². The van der Waals surface area contributed by atoms with E-state index in [1.165, 1.54) is 0 Å². The minimum Gasteiger partial charge on any atom is -0.339 e. The molecule has 2 heterocycles. The van der Waals surface area contributed by atoms with Gasteiger partial charge in [-0.3, -0.25) is 4.98 Å². The Morgan fingerprint density at radius 2 is 2.29 bits per heavy atom. The Balaban J connectivity index is 2.11. The van der Waals surface area contributed by atoms with Crippen LogP contribution in [0.15, 0.2) is 23.1 Å². The van der Waals surface area contributed by atoms with E-state index >= 15 is 0 Å². The average Bonchev–Trinajstić information content (AvgIpc) is 2.85. The third kappa shape index (κ3) is 2.85. The molecular weight excluding hydrogens is 218 g/mol. The van der Waals surface area contributed by atoms with Crippen LogP contribution in [-0.2, 0) is 6.42 Å². The Kier molecular flexibility index (Phi) is 3.77. The lowest BCUT2D eigenvalue weighted by atomic mass is 10.1.